The molecule has 4 aliphatic carbocycles. The van der Waals surface area contributed by atoms with Gasteiger partial charge in [0.2, 0.25) is 0 Å². The van der Waals surface area contributed by atoms with Gasteiger partial charge in [0.15, 0.2) is 17.5 Å². The number of aromatic nitrogens is 4. The fourth-order valence-electron chi connectivity index (χ4n) is 12.1. The number of benzene rings is 7. The van der Waals surface area contributed by atoms with E-state index in [1.54, 1.807) is 5.57 Å². The monoisotopic (exact) mass is 874 g/mol. The zero-order valence-corrected chi connectivity index (χ0v) is 38.8. The standard InChI is InChI=1S/C64H50N4/c1-63(2)54-25-15-13-22-46(54)48-33-31-43(35-56(48)63)51-37-53-52(39-27-29-42(30-28-39)62-67-60(40-17-7-5-8-18-40)66-61(68-62)41-19-9-6-10-20-41)38-58(65-59(53)50-24-12-11-21-45(50)51)44-32-34-49-47-23-14-16-26-55(47)64(3,4)57(49)36-44/h5-32,34-38,46,48,54H,33H2,1-4H3. The van der Waals surface area contributed by atoms with Crippen molar-refractivity contribution in [2.45, 2.75) is 39.5 Å². The first-order valence-corrected chi connectivity index (χ1v) is 24.1. The van der Waals surface area contributed by atoms with E-state index >= 15 is 0 Å². The average Bonchev–Trinajstić information content (AvgIpc) is 3.77. The van der Waals surface area contributed by atoms with Gasteiger partial charge in [-0.3, -0.25) is 0 Å². The third kappa shape index (κ3) is 6.34. The van der Waals surface area contributed by atoms with E-state index in [0.29, 0.717) is 35.2 Å². The molecule has 4 aliphatic rings. The SMILES string of the molecule is CC1(C)c2ccccc2-c2ccc(-c3cc(-c4ccc(-c5nc(-c6ccccc6)nc(-c6ccccc6)n5)cc4)c4cc(C5=CCC6C(=C5)C(C)(C)C5C=CC=CC65)c5ccccc5c4n3)cc21. The second kappa shape index (κ2) is 15.4. The van der Waals surface area contributed by atoms with Crippen LogP contribution in [0.4, 0.5) is 0 Å². The predicted octanol–water partition coefficient (Wildman–Crippen LogP) is 15.9. The Bertz CT molecular complexity index is 3590. The smallest absolute Gasteiger partial charge is 0.164 e. The van der Waals surface area contributed by atoms with Crippen molar-refractivity contribution in [3.05, 3.63) is 223 Å². The summed E-state index contributed by atoms with van der Waals surface area (Å²) in [4.78, 5) is 20.7. The Morgan fingerprint density at radius 2 is 1.04 bits per heavy atom. The van der Waals surface area contributed by atoms with Gasteiger partial charge < -0.3 is 0 Å². The van der Waals surface area contributed by atoms with Crippen LogP contribution in [0.2, 0.25) is 0 Å². The Labute approximate surface area is 398 Å². The molecule has 0 amide bonds. The van der Waals surface area contributed by atoms with Gasteiger partial charge in [-0.05, 0) is 97.7 Å². The lowest BCUT2D eigenvalue weighted by Gasteiger charge is -2.30. The molecule has 4 heteroatoms. The summed E-state index contributed by atoms with van der Waals surface area (Å²) in [5.41, 5.74) is 17.5. The molecular weight excluding hydrogens is 825 g/mol. The van der Waals surface area contributed by atoms with Crippen molar-refractivity contribution in [2.75, 3.05) is 0 Å². The molecule has 7 aromatic carbocycles. The van der Waals surface area contributed by atoms with Gasteiger partial charge in [0.05, 0.1) is 11.2 Å². The van der Waals surface area contributed by atoms with Crippen LogP contribution in [0.1, 0.15) is 50.8 Å². The highest BCUT2D eigenvalue weighted by molar-refractivity contribution is 6.15. The summed E-state index contributed by atoms with van der Waals surface area (Å²) in [6.07, 6.45) is 15.5. The highest BCUT2D eigenvalue weighted by Gasteiger charge is 2.50. The van der Waals surface area contributed by atoms with Crippen molar-refractivity contribution < 1.29 is 0 Å². The molecule has 0 saturated heterocycles. The minimum atomic E-state index is -0.131. The van der Waals surface area contributed by atoms with Crippen molar-refractivity contribution in [3.63, 3.8) is 0 Å². The van der Waals surface area contributed by atoms with Crippen molar-refractivity contribution in [2.24, 2.45) is 23.2 Å². The Kier molecular flexibility index (Phi) is 9.14. The average molecular weight is 875 g/mol. The van der Waals surface area contributed by atoms with Crippen molar-refractivity contribution in [1.82, 2.24) is 19.9 Å². The lowest BCUT2D eigenvalue weighted by molar-refractivity contribution is 0.321. The molecule has 2 aromatic heterocycles. The van der Waals surface area contributed by atoms with E-state index in [2.05, 4.69) is 192 Å². The van der Waals surface area contributed by atoms with E-state index in [0.717, 1.165) is 61.8 Å². The van der Waals surface area contributed by atoms with Crippen LogP contribution in [0.5, 0.6) is 0 Å². The van der Waals surface area contributed by atoms with Crippen molar-refractivity contribution in [3.8, 4) is 67.7 Å². The summed E-state index contributed by atoms with van der Waals surface area (Å²) < 4.78 is 0. The lowest BCUT2D eigenvalue weighted by Crippen LogP contribution is -2.21. The number of nitrogens with zero attached hydrogens (tertiary/aromatic N) is 4. The summed E-state index contributed by atoms with van der Waals surface area (Å²) in [6.45, 7) is 9.60. The van der Waals surface area contributed by atoms with Crippen LogP contribution < -0.4 is 0 Å². The first kappa shape index (κ1) is 40.5. The number of fused-ring (bicyclic) bond motifs is 9. The molecule has 0 spiro atoms. The van der Waals surface area contributed by atoms with Gasteiger partial charge in [-0.25, -0.2) is 19.9 Å². The second-order valence-electron chi connectivity index (χ2n) is 20.2. The van der Waals surface area contributed by atoms with Crippen LogP contribution in [0.3, 0.4) is 0 Å². The normalized spacial score (nSPS) is 19.3. The largest absolute Gasteiger partial charge is 0.247 e. The molecule has 3 atom stereocenters. The van der Waals surface area contributed by atoms with Crippen LogP contribution >= 0.6 is 0 Å². The van der Waals surface area contributed by atoms with E-state index in [1.807, 2.05) is 36.4 Å². The summed E-state index contributed by atoms with van der Waals surface area (Å²) in [5, 5.41) is 3.52. The van der Waals surface area contributed by atoms with E-state index in [1.165, 1.54) is 38.8 Å². The first-order chi connectivity index (χ1) is 33.2. The molecule has 326 valence electrons. The summed E-state index contributed by atoms with van der Waals surface area (Å²) in [6, 6.07) is 58.6. The Morgan fingerprint density at radius 3 is 1.76 bits per heavy atom. The molecule has 9 aromatic rings. The predicted molar refractivity (Wildman–Crippen MR) is 281 cm³/mol. The van der Waals surface area contributed by atoms with Crippen LogP contribution in [0, 0.1) is 23.2 Å². The van der Waals surface area contributed by atoms with Crippen molar-refractivity contribution in [1.29, 1.82) is 0 Å². The van der Waals surface area contributed by atoms with Gasteiger partial charge in [-0.2, -0.15) is 0 Å². The van der Waals surface area contributed by atoms with Gasteiger partial charge in [0, 0.05) is 38.4 Å². The molecule has 68 heavy (non-hydrogen) atoms. The maximum absolute atomic E-state index is 5.66. The molecule has 0 N–H and O–H groups in total. The molecule has 0 aliphatic heterocycles. The van der Waals surface area contributed by atoms with Gasteiger partial charge >= 0.3 is 0 Å². The Balaban J connectivity index is 0.994. The van der Waals surface area contributed by atoms with Crippen LogP contribution in [0.25, 0.3) is 94.9 Å². The molecule has 1 saturated carbocycles. The Morgan fingerprint density at radius 1 is 0.456 bits per heavy atom. The summed E-state index contributed by atoms with van der Waals surface area (Å²) in [5.74, 6) is 3.50. The maximum Gasteiger partial charge on any atom is 0.164 e. The van der Waals surface area contributed by atoms with E-state index in [4.69, 9.17) is 19.9 Å². The van der Waals surface area contributed by atoms with Crippen LogP contribution in [0.15, 0.2) is 206 Å². The molecule has 13 rings (SSSR count). The van der Waals surface area contributed by atoms with E-state index in [9.17, 15) is 0 Å². The minimum Gasteiger partial charge on any atom is -0.247 e. The number of rotatable bonds is 6. The zero-order chi connectivity index (χ0) is 45.7. The van der Waals surface area contributed by atoms with Gasteiger partial charge in [0.25, 0.3) is 0 Å². The van der Waals surface area contributed by atoms with E-state index in [-0.39, 0.29) is 10.8 Å². The third-order valence-electron chi connectivity index (χ3n) is 15.7. The lowest BCUT2D eigenvalue weighted by atomic mass is 9.74. The third-order valence-corrected chi connectivity index (χ3v) is 15.7. The highest BCUT2D eigenvalue weighted by atomic mass is 15.0. The molecule has 1 fully saturated rings. The summed E-state index contributed by atoms with van der Waals surface area (Å²) in [7, 11) is 0. The first-order valence-electron chi connectivity index (χ1n) is 24.1. The molecule has 4 nitrogen and oxygen atoms in total. The summed E-state index contributed by atoms with van der Waals surface area (Å²) >= 11 is 0. The molecule has 2 heterocycles. The van der Waals surface area contributed by atoms with Gasteiger partial charge in [0.1, 0.15) is 0 Å². The van der Waals surface area contributed by atoms with Crippen LogP contribution in [-0.2, 0) is 5.41 Å². The number of allylic oxidation sites excluding steroid dienone is 8. The zero-order valence-electron chi connectivity index (χ0n) is 38.8. The second-order valence-corrected chi connectivity index (χ2v) is 20.2. The Hall–Kier alpha value is -7.82. The van der Waals surface area contributed by atoms with E-state index < -0.39 is 0 Å². The highest BCUT2D eigenvalue weighted by Crippen LogP contribution is 2.59. The molecular formula is C64H50N4. The fraction of sp³-hybridized carbons (Fsp3) is 0.156. The molecule has 3 unspecified atom stereocenters. The quantitative estimate of drug-likeness (QED) is 0.156. The number of pyridine rings is 1. The van der Waals surface area contributed by atoms with Crippen molar-refractivity contribution >= 4 is 27.2 Å². The number of hydrogen-bond acceptors (Lipinski definition) is 4. The molecule has 0 bridgehead atoms. The maximum atomic E-state index is 5.66. The van der Waals surface area contributed by atoms with Gasteiger partial charge in [-0.1, -0.05) is 215 Å². The minimum absolute atomic E-state index is 0.0696. The van der Waals surface area contributed by atoms with Crippen LogP contribution in [-0.4, -0.2) is 19.9 Å². The molecule has 0 radical (unpaired) electrons. The van der Waals surface area contributed by atoms with Gasteiger partial charge in [-0.15, -0.1) is 0 Å². The fourth-order valence-corrected chi connectivity index (χ4v) is 12.1. The topological polar surface area (TPSA) is 51.6 Å². The number of hydrogen-bond donors (Lipinski definition) is 0.